The van der Waals surface area contributed by atoms with Crippen molar-refractivity contribution in [1.82, 2.24) is 5.32 Å². The van der Waals surface area contributed by atoms with Gasteiger partial charge in [-0.25, -0.2) is 0 Å². The molecule has 0 aromatic heterocycles. The molecule has 2 aliphatic heterocycles. The molecule has 0 radical (unpaired) electrons. The maximum Gasteiger partial charge on any atom is 0.323 e. The Morgan fingerprint density at radius 1 is 1.10 bits per heavy atom. The monoisotopic (exact) mass is 409 g/mol. The predicted octanol–water partition coefficient (Wildman–Crippen LogP) is 3.69. The minimum Gasteiger partial charge on any atom is -0.488 e. The number of hydrogen-bond donors (Lipinski definition) is 1. The fourth-order valence-corrected chi connectivity index (χ4v) is 5.08. The first-order valence-corrected chi connectivity index (χ1v) is 10.5. The first-order valence-electron chi connectivity index (χ1n) is 10.2. The maximum atomic E-state index is 13.1. The lowest BCUT2D eigenvalue weighted by atomic mass is 9.83. The largest absolute Gasteiger partial charge is 0.488 e. The molecule has 1 saturated carbocycles. The van der Waals surface area contributed by atoms with Crippen LogP contribution in [0.3, 0.4) is 0 Å². The van der Waals surface area contributed by atoms with Gasteiger partial charge in [0.1, 0.15) is 18.4 Å². The fraction of sp³-hybridized carbons (Fsp3) is 0.391. The molecule has 3 unspecified atom stereocenters. The third-order valence-electron chi connectivity index (χ3n) is 6.60. The Labute approximate surface area is 173 Å². The van der Waals surface area contributed by atoms with Crippen LogP contribution in [0.25, 0.3) is 11.1 Å². The van der Waals surface area contributed by atoms with Crippen molar-refractivity contribution in [2.24, 2.45) is 5.92 Å². The van der Waals surface area contributed by atoms with Gasteiger partial charge in [0.2, 0.25) is 5.78 Å². The summed E-state index contributed by atoms with van der Waals surface area (Å²) in [5, 5.41) is 3.93. The Morgan fingerprint density at radius 2 is 1.97 bits per heavy atom. The fourth-order valence-electron chi connectivity index (χ4n) is 4.92. The Kier molecular flexibility index (Phi) is 3.81. The summed E-state index contributed by atoms with van der Waals surface area (Å²) < 4.78 is 11.5. The molecule has 29 heavy (non-hydrogen) atoms. The molecule has 1 saturated heterocycles. The molecule has 4 aliphatic rings. The van der Waals surface area contributed by atoms with E-state index in [4.69, 9.17) is 21.1 Å². The zero-order valence-electron chi connectivity index (χ0n) is 15.7. The van der Waals surface area contributed by atoms with Crippen LogP contribution in [0.5, 0.6) is 5.75 Å². The van der Waals surface area contributed by atoms with E-state index in [2.05, 4.69) is 11.4 Å². The molecule has 2 heterocycles. The van der Waals surface area contributed by atoms with Crippen LogP contribution in [0.1, 0.15) is 40.7 Å². The van der Waals surface area contributed by atoms with E-state index in [-0.39, 0.29) is 17.8 Å². The van der Waals surface area contributed by atoms with Gasteiger partial charge in [0.15, 0.2) is 6.10 Å². The van der Waals surface area contributed by atoms with Gasteiger partial charge >= 0.3 is 5.97 Å². The number of Topliss-reactive ketones (excluding diaryl/α,β-unsaturated/α-hetero) is 1. The van der Waals surface area contributed by atoms with Gasteiger partial charge in [-0.15, -0.1) is 0 Å². The normalized spacial score (nSPS) is 28.5. The van der Waals surface area contributed by atoms with Gasteiger partial charge in [0, 0.05) is 22.2 Å². The van der Waals surface area contributed by atoms with Crippen LogP contribution >= 0.6 is 11.6 Å². The van der Waals surface area contributed by atoms with Crippen molar-refractivity contribution in [2.75, 3.05) is 0 Å². The van der Waals surface area contributed by atoms with Crippen molar-refractivity contribution >= 4 is 23.4 Å². The van der Waals surface area contributed by atoms with Crippen molar-refractivity contribution in [3.05, 3.63) is 52.0 Å². The number of piperidine rings is 1. The van der Waals surface area contributed by atoms with E-state index in [1.165, 1.54) is 0 Å². The van der Waals surface area contributed by atoms with Crippen molar-refractivity contribution in [3.63, 3.8) is 0 Å². The van der Waals surface area contributed by atoms with E-state index in [0.29, 0.717) is 42.0 Å². The summed E-state index contributed by atoms with van der Waals surface area (Å²) in [4.78, 5) is 25.5. The number of halogens is 1. The van der Waals surface area contributed by atoms with Crippen LogP contribution in [0, 0.1) is 5.92 Å². The van der Waals surface area contributed by atoms with Crippen LogP contribution in [-0.4, -0.2) is 29.9 Å². The molecule has 0 spiro atoms. The molecule has 6 heteroatoms. The van der Waals surface area contributed by atoms with Crippen LogP contribution in [0.15, 0.2) is 30.3 Å². The number of esters is 1. The van der Waals surface area contributed by atoms with Crippen LogP contribution in [0.4, 0.5) is 0 Å². The Bertz CT molecular complexity index is 1060. The summed E-state index contributed by atoms with van der Waals surface area (Å²) in [5.41, 5.74) is 4.70. The van der Waals surface area contributed by atoms with Gasteiger partial charge < -0.3 is 14.8 Å². The molecule has 2 aromatic rings. The van der Waals surface area contributed by atoms with Gasteiger partial charge in [0.25, 0.3) is 0 Å². The molecular formula is C23H20ClNO4. The lowest BCUT2D eigenvalue weighted by molar-refractivity contribution is -0.149. The second-order valence-corrected chi connectivity index (χ2v) is 8.92. The maximum absolute atomic E-state index is 13.1. The molecule has 5 nitrogen and oxygen atoms in total. The molecule has 1 N–H and O–H groups in total. The zero-order valence-corrected chi connectivity index (χ0v) is 16.5. The van der Waals surface area contributed by atoms with Gasteiger partial charge in [-0.3, -0.25) is 9.59 Å². The summed E-state index contributed by atoms with van der Waals surface area (Å²) in [5.74, 6) is 0.985. The zero-order chi connectivity index (χ0) is 19.7. The Hall–Kier alpha value is -2.37. The summed E-state index contributed by atoms with van der Waals surface area (Å²) in [6.45, 7) is 0.391. The van der Waals surface area contributed by atoms with Gasteiger partial charge in [-0.1, -0.05) is 11.6 Å². The minimum absolute atomic E-state index is 0.104. The van der Waals surface area contributed by atoms with Crippen molar-refractivity contribution in [2.45, 2.75) is 50.5 Å². The number of fused-ring (bicyclic) bond motifs is 5. The SMILES string of the molecule is O=C(OC1CCc2cc3c(cc2C1=O)COc1cc(Cl)ccc1-3)C1C[C@H]2CC2N1. The topological polar surface area (TPSA) is 64.6 Å². The third kappa shape index (κ3) is 2.87. The molecule has 6 rings (SSSR count). The second kappa shape index (κ2) is 6.31. The molecule has 0 amide bonds. The number of ether oxygens (including phenoxy) is 2. The standard InChI is InChI=1S/C23H20ClNO4/c24-14-2-3-15-16-5-11-1-4-20(29-23(27)19-8-12-7-18(12)25-19)22(26)17(11)6-13(16)10-28-21(15)9-14/h2-3,5-6,9,12,18-20,25H,1,4,7-8,10H2/t12-,18?,19?,20?/m1/s1. The summed E-state index contributed by atoms with van der Waals surface area (Å²) in [7, 11) is 0. The van der Waals surface area contributed by atoms with E-state index in [1.807, 2.05) is 24.3 Å². The van der Waals surface area contributed by atoms with Gasteiger partial charge in [0.05, 0.1) is 0 Å². The summed E-state index contributed by atoms with van der Waals surface area (Å²) >= 11 is 6.08. The third-order valence-corrected chi connectivity index (χ3v) is 6.83. The van der Waals surface area contributed by atoms with Gasteiger partial charge in [-0.2, -0.15) is 0 Å². The van der Waals surface area contributed by atoms with E-state index in [9.17, 15) is 9.59 Å². The molecule has 2 fully saturated rings. The average Bonchev–Trinajstić information content (AvgIpc) is 3.33. The molecular weight excluding hydrogens is 390 g/mol. The first kappa shape index (κ1) is 17.5. The number of ketones is 1. The highest BCUT2D eigenvalue weighted by molar-refractivity contribution is 6.30. The smallest absolute Gasteiger partial charge is 0.323 e. The summed E-state index contributed by atoms with van der Waals surface area (Å²) in [6.07, 6.45) is 2.53. The van der Waals surface area contributed by atoms with E-state index in [0.717, 1.165) is 40.8 Å². The second-order valence-electron chi connectivity index (χ2n) is 8.48. The highest BCUT2D eigenvalue weighted by Crippen LogP contribution is 2.42. The molecule has 4 atom stereocenters. The number of carbonyl (C=O) groups excluding carboxylic acids is 2. The van der Waals surface area contributed by atoms with E-state index in [1.54, 1.807) is 0 Å². The summed E-state index contributed by atoms with van der Waals surface area (Å²) in [6, 6.07) is 9.83. The number of carbonyl (C=O) groups is 2. The number of rotatable bonds is 2. The van der Waals surface area contributed by atoms with Crippen molar-refractivity contribution in [1.29, 1.82) is 0 Å². The number of nitrogens with one attached hydrogen (secondary N) is 1. The van der Waals surface area contributed by atoms with E-state index < -0.39 is 6.10 Å². The van der Waals surface area contributed by atoms with Crippen molar-refractivity contribution < 1.29 is 19.1 Å². The molecule has 2 aromatic carbocycles. The highest BCUT2D eigenvalue weighted by atomic mass is 35.5. The van der Waals surface area contributed by atoms with Crippen LogP contribution in [-0.2, 0) is 22.6 Å². The number of aryl methyl sites for hydroxylation is 1. The van der Waals surface area contributed by atoms with Crippen LogP contribution < -0.4 is 10.1 Å². The predicted molar refractivity (Wildman–Crippen MR) is 107 cm³/mol. The van der Waals surface area contributed by atoms with Crippen LogP contribution in [0.2, 0.25) is 5.02 Å². The highest BCUT2D eigenvalue weighted by Gasteiger charge is 2.49. The lowest BCUT2D eigenvalue weighted by Crippen LogP contribution is -2.40. The Balaban J connectivity index is 1.26. The molecule has 148 valence electrons. The van der Waals surface area contributed by atoms with Gasteiger partial charge in [-0.05, 0) is 78.6 Å². The lowest BCUT2D eigenvalue weighted by Gasteiger charge is -2.28. The number of benzene rings is 2. The van der Waals surface area contributed by atoms with Crippen molar-refractivity contribution in [3.8, 4) is 16.9 Å². The average molecular weight is 410 g/mol. The quantitative estimate of drug-likeness (QED) is 0.766. The number of hydrogen-bond acceptors (Lipinski definition) is 5. The molecule has 0 bridgehead atoms. The first-order chi connectivity index (χ1) is 14.1. The van der Waals surface area contributed by atoms with E-state index >= 15 is 0 Å². The Morgan fingerprint density at radius 3 is 2.79 bits per heavy atom. The minimum atomic E-state index is -0.692. The molecule has 2 aliphatic carbocycles.